The Labute approximate surface area is 219 Å². The van der Waals surface area contributed by atoms with Crippen LogP contribution < -0.4 is 4.90 Å². The third-order valence-corrected chi connectivity index (χ3v) is 7.97. The Hall–Kier alpha value is -3.91. The van der Waals surface area contributed by atoms with Crippen molar-refractivity contribution in [2.75, 3.05) is 31.1 Å². The maximum atomic E-state index is 14.5. The van der Waals surface area contributed by atoms with Gasteiger partial charge in [-0.2, -0.15) is 0 Å². The van der Waals surface area contributed by atoms with E-state index in [2.05, 4.69) is 31.9 Å². The van der Waals surface area contributed by atoms with Crippen molar-refractivity contribution in [3.05, 3.63) is 78.4 Å². The number of anilines is 1. The van der Waals surface area contributed by atoms with Crippen molar-refractivity contribution in [3.63, 3.8) is 0 Å². The number of hydrogen-bond donors (Lipinski definition) is 0. The Balaban J connectivity index is 1.18. The minimum Gasteiger partial charge on any atom is -0.355 e. The zero-order chi connectivity index (χ0) is 25.8. The lowest BCUT2D eigenvalue weighted by atomic mass is 10.0. The molecule has 0 saturated carbocycles. The number of halogens is 2. The maximum Gasteiger partial charge on any atom is 0.152 e. The minimum absolute atomic E-state index is 0.156. The van der Waals surface area contributed by atoms with Gasteiger partial charge in [0.1, 0.15) is 22.8 Å². The molecular weight excluding hydrogens is 482 g/mol. The Kier molecular flexibility index (Phi) is 5.58. The predicted molar refractivity (Wildman–Crippen MR) is 145 cm³/mol. The maximum absolute atomic E-state index is 14.5. The second kappa shape index (κ2) is 9.13. The van der Waals surface area contributed by atoms with E-state index in [-0.39, 0.29) is 5.52 Å². The van der Waals surface area contributed by atoms with E-state index in [4.69, 9.17) is 4.98 Å². The summed E-state index contributed by atoms with van der Waals surface area (Å²) in [5, 5.41) is 0.424. The molecule has 1 atom stereocenters. The van der Waals surface area contributed by atoms with Crippen LogP contribution in [0.15, 0.2) is 61.1 Å². The summed E-state index contributed by atoms with van der Waals surface area (Å²) in [6.07, 6.45) is 9.46. The Morgan fingerprint density at radius 2 is 1.76 bits per heavy atom. The van der Waals surface area contributed by atoms with E-state index in [9.17, 15) is 8.78 Å². The largest absolute Gasteiger partial charge is 0.355 e. The highest BCUT2D eigenvalue weighted by molar-refractivity contribution is 5.94. The second-order valence-electron chi connectivity index (χ2n) is 10.4. The number of nitrogens with zero attached hydrogens (tertiary/aromatic N) is 6. The van der Waals surface area contributed by atoms with Crippen molar-refractivity contribution in [2.24, 2.45) is 0 Å². The van der Waals surface area contributed by atoms with Crippen molar-refractivity contribution in [1.29, 1.82) is 0 Å². The number of imidazole rings is 1. The highest BCUT2D eigenvalue weighted by Crippen LogP contribution is 2.32. The molecular formula is C30H28F2N6. The molecule has 5 aromatic rings. The van der Waals surface area contributed by atoms with Gasteiger partial charge in [-0.05, 0) is 81.2 Å². The van der Waals surface area contributed by atoms with Gasteiger partial charge < -0.3 is 4.90 Å². The van der Waals surface area contributed by atoms with E-state index in [0.717, 1.165) is 47.4 Å². The Bertz CT molecular complexity index is 1660. The quantitative estimate of drug-likeness (QED) is 0.303. The number of likely N-dealkylation sites (tertiary alicyclic amines) is 1. The van der Waals surface area contributed by atoms with Gasteiger partial charge in [-0.3, -0.25) is 9.30 Å². The fraction of sp³-hybridized carbons (Fsp3) is 0.300. The van der Waals surface area contributed by atoms with Gasteiger partial charge in [-0.15, -0.1) is 0 Å². The summed E-state index contributed by atoms with van der Waals surface area (Å²) in [6.45, 7) is 6.36. The van der Waals surface area contributed by atoms with E-state index < -0.39 is 11.6 Å². The van der Waals surface area contributed by atoms with Gasteiger partial charge >= 0.3 is 0 Å². The summed E-state index contributed by atoms with van der Waals surface area (Å²) in [6, 6.07) is 12.9. The average Bonchev–Trinajstić information content (AvgIpc) is 3.69. The number of rotatable bonds is 4. The van der Waals surface area contributed by atoms with E-state index in [1.54, 1.807) is 13.1 Å². The van der Waals surface area contributed by atoms with Crippen LogP contribution >= 0.6 is 0 Å². The average molecular weight is 511 g/mol. The molecule has 2 aliphatic heterocycles. The smallest absolute Gasteiger partial charge is 0.152 e. The molecule has 2 saturated heterocycles. The fourth-order valence-corrected chi connectivity index (χ4v) is 6.05. The lowest BCUT2D eigenvalue weighted by Crippen LogP contribution is -2.35. The van der Waals surface area contributed by atoms with Crippen LogP contribution in [0.25, 0.3) is 38.9 Å². The SMILES string of the molecule is Cc1cc(-c2cnc3cc(-c4ccc(N5CCC(N6CCCC6)C5)nc4)ccn23)c2cc(F)cc(F)c2n1. The molecule has 0 N–H and O–H groups in total. The van der Waals surface area contributed by atoms with E-state index in [0.29, 0.717) is 22.7 Å². The number of pyridine rings is 3. The van der Waals surface area contributed by atoms with Crippen LogP contribution in [-0.4, -0.2) is 56.5 Å². The Morgan fingerprint density at radius 1 is 0.895 bits per heavy atom. The van der Waals surface area contributed by atoms with E-state index in [1.807, 2.05) is 35.0 Å². The molecule has 0 bridgehead atoms. The van der Waals surface area contributed by atoms with Crippen molar-refractivity contribution in [1.82, 2.24) is 24.3 Å². The second-order valence-corrected chi connectivity index (χ2v) is 10.4. The standard InChI is InChI=1S/C30H28F2N6/c1-19-12-24(25-14-22(31)15-26(32)30(25)35-19)27-17-34-29-13-20(6-11-38(27)29)21-4-5-28(33-16-21)37-10-7-23(18-37)36-8-2-3-9-36/h4-6,11-17,23H,2-3,7-10,18H2,1H3. The third-order valence-electron chi connectivity index (χ3n) is 7.97. The van der Waals surface area contributed by atoms with Gasteiger partial charge in [0.25, 0.3) is 0 Å². The summed E-state index contributed by atoms with van der Waals surface area (Å²) in [5.41, 5.74) is 5.03. The number of aryl methyl sites for hydroxylation is 1. The van der Waals surface area contributed by atoms with Crippen LogP contribution in [0.2, 0.25) is 0 Å². The lowest BCUT2D eigenvalue weighted by molar-refractivity contribution is 0.260. The van der Waals surface area contributed by atoms with Crippen LogP contribution in [0.1, 0.15) is 25.0 Å². The van der Waals surface area contributed by atoms with Crippen molar-refractivity contribution >= 4 is 22.4 Å². The van der Waals surface area contributed by atoms with Gasteiger partial charge in [0.15, 0.2) is 5.82 Å². The first-order valence-corrected chi connectivity index (χ1v) is 13.2. The molecule has 0 amide bonds. The van der Waals surface area contributed by atoms with Crippen molar-refractivity contribution < 1.29 is 8.78 Å². The molecule has 0 aliphatic carbocycles. The summed E-state index contributed by atoms with van der Waals surface area (Å²) >= 11 is 0. The van der Waals surface area contributed by atoms with E-state index in [1.165, 1.54) is 38.4 Å². The first-order chi connectivity index (χ1) is 18.5. The lowest BCUT2D eigenvalue weighted by Gasteiger charge is -2.24. The number of fused-ring (bicyclic) bond motifs is 2. The molecule has 0 radical (unpaired) electrons. The number of hydrogen-bond acceptors (Lipinski definition) is 5. The van der Waals surface area contributed by atoms with Gasteiger partial charge in [0, 0.05) is 59.8 Å². The number of benzene rings is 1. The zero-order valence-electron chi connectivity index (χ0n) is 21.2. The zero-order valence-corrected chi connectivity index (χ0v) is 21.2. The van der Waals surface area contributed by atoms with Crippen LogP contribution in [-0.2, 0) is 0 Å². The molecule has 4 aromatic heterocycles. The monoisotopic (exact) mass is 510 g/mol. The molecule has 0 spiro atoms. The van der Waals surface area contributed by atoms with Crippen LogP contribution in [0.5, 0.6) is 0 Å². The molecule has 6 heterocycles. The number of aromatic nitrogens is 4. The van der Waals surface area contributed by atoms with Gasteiger partial charge in [0.2, 0.25) is 0 Å². The first-order valence-electron chi connectivity index (χ1n) is 13.2. The van der Waals surface area contributed by atoms with Gasteiger partial charge in [-0.1, -0.05) is 0 Å². The summed E-state index contributed by atoms with van der Waals surface area (Å²) in [4.78, 5) is 18.7. The van der Waals surface area contributed by atoms with Crippen molar-refractivity contribution in [3.8, 4) is 22.4 Å². The molecule has 8 heteroatoms. The molecule has 2 fully saturated rings. The third kappa shape index (κ3) is 4.00. The molecule has 6 nitrogen and oxygen atoms in total. The molecule has 192 valence electrons. The molecule has 38 heavy (non-hydrogen) atoms. The highest BCUT2D eigenvalue weighted by Gasteiger charge is 2.29. The van der Waals surface area contributed by atoms with Gasteiger partial charge in [-0.25, -0.2) is 23.7 Å². The predicted octanol–water partition coefficient (Wildman–Crippen LogP) is 5.87. The van der Waals surface area contributed by atoms with Crippen LogP contribution in [0.3, 0.4) is 0 Å². The molecule has 2 aliphatic rings. The highest BCUT2D eigenvalue weighted by atomic mass is 19.1. The fourth-order valence-electron chi connectivity index (χ4n) is 6.05. The van der Waals surface area contributed by atoms with E-state index >= 15 is 0 Å². The summed E-state index contributed by atoms with van der Waals surface area (Å²) in [7, 11) is 0. The van der Waals surface area contributed by atoms with Gasteiger partial charge in [0.05, 0.1) is 11.9 Å². The summed E-state index contributed by atoms with van der Waals surface area (Å²) < 4.78 is 30.5. The Morgan fingerprint density at radius 3 is 2.58 bits per heavy atom. The molecule has 1 unspecified atom stereocenters. The minimum atomic E-state index is -0.669. The molecule has 7 rings (SSSR count). The normalized spacial score (nSPS) is 18.3. The topological polar surface area (TPSA) is 49.6 Å². The van der Waals surface area contributed by atoms with Crippen molar-refractivity contribution in [2.45, 2.75) is 32.2 Å². The first kappa shape index (κ1) is 23.2. The van der Waals surface area contributed by atoms with Crippen LogP contribution in [0.4, 0.5) is 14.6 Å². The van der Waals surface area contributed by atoms with Crippen LogP contribution in [0, 0.1) is 18.6 Å². The summed E-state index contributed by atoms with van der Waals surface area (Å²) in [5.74, 6) is -0.272. The molecule has 1 aromatic carbocycles.